The summed E-state index contributed by atoms with van der Waals surface area (Å²) in [5.74, 6) is -17.0. The Morgan fingerprint density at radius 3 is 2.22 bits per heavy atom. The minimum absolute atomic E-state index is 0.00202. The second kappa shape index (κ2) is 8.77. The quantitative estimate of drug-likeness (QED) is 0.173. The number of imide groups is 1. The van der Waals surface area contributed by atoms with Crippen LogP contribution in [0.15, 0.2) is 42.5 Å². The summed E-state index contributed by atoms with van der Waals surface area (Å²) in [5, 5.41) is 10.9. The molecule has 2 aromatic carbocycles. The molecule has 1 heterocycles. The first kappa shape index (κ1) is 26.0. The van der Waals surface area contributed by atoms with Crippen molar-refractivity contribution >= 4 is 40.7 Å². The summed E-state index contributed by atoms with van der Waals surface area (Å²) in [4.78, 5) is 21.8. The monoisotopic (exact) mass is 547 g/mol. The normalized spacial score (nSPS) is 25.6. The van der Waals surface area contributed by atoms with Crippen molar-refractivity contribution < 1.29 is 41.4 Å². The van der Waals surface area contributed by atoms with Gasteiger partial charge in [0.2, 0.25) is 5.82 Å². The molecule has 2 amide bonds. The number of carbonyl (C=O) groups is 2. The average Bonchev–Trinajstić information content (AvgIpc) is 3.00. The second-order valence-corrected chi connectivity index (χ2v) is 9.29. The highest BCUT2D eigenvalue weighted by Crippen LogP contribution is 2.61. The van der Waals surface area contributed by atoms with E-state index in [9.17, 15) is 36.6 Å². The molecule has 0 aromatic heterocycles. The number of hydrogen-bond donors (Lipinski definition) is 1. The molecule has 190 valence electrons. The molecule has 1 aliphatic heterocycles. The number of halogens is 7. The SMILES string of the molecule is C=CC1=CC[C@@]2(Cl)C(=O)N(c3c(F)c(F)c(F)c(F)c3F)C(=O)[C@@]2(Cl)[C@H]1c1cccc(OCC)c1O. The zero-order valence-electron chi connectivity index (χ0n) is 18.4. The third-order valence-corrected chi connectivity index (χ3v) is 7.68. The molecule has 1 aliphatic carbocycles. The zero-order chi connectivity index (χ0) is 26.7. The van der Waals surface area contributed by atoms with Crippen LogP contribution in [0.1, 0.15) is 24.8 Å². The van der Waals surface area contributed by atoms with Crippen LogP contribution in [0.3, 0.4) is 0 Å². The Hall–Kier alpha value is -3.11. The number of carbonyl (C=O) groups excluding carboxylic acids is 2. The fourth-order valence-electron chi connectivity index (χ4n) is 4.58. The minimum atomic E-state index is -2.58. The largest absolute Gasteiger partial charge is 0.504 e. The number of para-hydroxylation sites is 1. The molecule has 0 spiro atoms. The zero-order valence-corrected chi connectivity index (χ0v) is 19.9. The lowest BCUT2D eigenvalue weighted by Crippen LogP contribution is -2.54. The maximum Gasteiger partial charge on any atom is 0.258 e. The first-order valence-electron chi connectivity index (χ1n) is 10.4. The summed E-state index contributed by atoms with van der Waals surface area (Å²) in [7, 11) is 0. The molecule has 2 aromatic rings. The van der Waals surface area contributed by atoms with E-state index in [0.29, 0.717) is 0 Å². The molecule has 36 heavy (non-hydrogen) atoms. The van der Waals surface area contributed by atoms with E-state index in [2.05, 4.69) is 6.58 Å². The van der Waals surface area contributed by atoms with E-state index >= 15 is 0 Å². The van der Waals surface area contributed by atoms with E-state index in [1.165, 1.54) is 30.4 Å². The van der Waals surface area contributed by atoms with E-state index < -0.39 is 74.4 Å². The van der Waals surface area contributed by atoms with Crippen LogP contribution in [-0.2, 0) is 9.59 Å². The maximum atomic E-state index is 14.7. The van der Waals surface area contributed by atoms with Crippen LogP contribution >= 0.6 is 23.2 Å². The number of alkyl halides is 2. The van der Waals surface area contributed by atoms with Crippen LogP contribution in [0.25, 0.3) is 0 Å². The molecule has 0 unspecified atom stereocenters. The van der Waals surface area contributed by atoms with E-state index in [1.54, 1.807) is 6.92 Å². The maximum absolute atomic E-state index is 14.7. The van der Waals surface area contributed by atoms with Gasteiger partial charge in [0.1, 0.15) is 5.69 Å². The Bertz CT molecular complexity index is 1340. The number of benzene rings is 2. The predicted octanol–water partition coefficient (Wildman–Crippen LogP) is 5.61. The highest BCUT2D eigenvalue weighted by molar-refractivity contribution is 6.58. The summed E-state index contributed by atoms with van der Waals surface area (Å²) >= 11 is 13.4. The molecular weight excluding hydrogens is 532 g/mol. The van der Waals surface area contributed by atoms with Crippen LogP contribution in [0, 0.1) is 29.1 Å². The molecule has 1 fully saturated rings. The van der Waals surface area contributed by atoms with Crippen LogP contribution < -0.4 is 9.64 Å². The van der Waals surface area contributed by atoms with Crippen molar-refractivity contribution in [1.29, 1.82) is 0 Å². The molecule has 0 radical (unpaired) electrons. The van der Waals surface area contributed by atoms with E-state index in [4.69, 9.17) is 27.9 Å². The van der Waals surface area contributed by atoms with Gasteiger partial charge in [0, 0.05) is 11.5 Å². The Kier molecular flexibility index (Phi) is 6.33. The van der Waals surface area contributed by atoms with Crippen LogP contribution in [-0.4, -0.2) is 33.3 Å². The smallest absolute Gasteiger partial charge is 0.258 e. The lowest BCUT2D eigenvalue weighted by Gasteiger charge is -2.42. The van der Waals surface area contributed by atoms with Gasteiger partial charge in [0.25, 0.3) is 11.8 Å². The Labute approximate surface area is 211 Å². The van der Waals surface area contributed by atoms with Gasteiger partial charge < -0.3 is 9.84 Å². The number of allylic oxidation sites excluding steroid dienone is 3. The van der Waals surface area contributed by atoms with Gasteiger partial charge >= 0.3 is 0 Å². The molecule has 3 atom stereocenters. The Morgan fingerprint density at radius 1 is 1.08 bits per heavy atom. The summed E-state index contributed by atoms with van der Waals surface area (Å²) in [6.07, 6.45) is 2.19. The summed E-state index contributed by atoms with van der Waals surface area (Å²) in [5.41, 5.74) is -1.64. The average molecular weight is 548 g/mol. The predicted molar refractivity (Wildman–Crippen MR) is 121 cm³/mol. The van der Waals surface area contributed by atoms with Gasteiger partial charge in [-0.2, -0.15) is 0 Å². The Balaban J connectivity index is 2.00. The molecule has 1 N–H and O–H groups in total. The van der Waals surface area contributed by atoms with Gasteiger partial charge in [-0.1, -0.05) is 30.9 Å². The lowest BCUT2D eigenvalue weighted by atomic mass is 9.68. The Morgan fingerprint density at radius 2 is 1.67 bits per heavy atom. The molecule has 1 saturated heterocycles. The number of ether oxygens (including phenoxy) is 1. The van der Waals surface area contributed by atoms with Crippen molar-refractivity contribution in [2.45, 2.75) is 29.0 Å². The van der Waals surface area contributed by atoms with Gasteiger partial charge in [0.05, 0.1) is 6.61 Å². The van der Waals surface area contributed by atoms with Gasteiger partial charge in [-0.3, -0.25) is 9.59 Å². The highest BCUT2D eigenvalue weighted by atomic mass is 35.5. The number of phenolic OH excluding ortho intramolecular Hbond substituents is 1. The standard InChI is InChI=1S/C24H16Cl2F5NO4/c1-3-10-8-9-23(25)21(34)32(19-17(30)15(28)14(27)16(29)18(19)31)22(35)24(23,26)13(10)11-6-5-7-12(20(11)33)36-4-2/h3,5-8,13,33H,1,4,9H2,2H3/t13-,23-,24+/m1/s1. The summed E-state index contributed by atoms with van der Waals surface area (Å²) < 4.78 is 76.2. The van der Waals surface area contributed by atoms with Crippen molar-refractivity contribution in [3.63, 3.8) is 0 Å². The highest BCUT2D eigenvalue weighted by Gasteiger charge is 2.74. The molecule has 4 rings (SSSR count). The number of fused-ring (bicyclic) bond motifs is 1. The third kappa shape index (κ3) is 3.20. The van der Waals surface area contributed by atoms with E-state index in [1.807, 2.05) is 0 Å². The van der Waals surface area contributed by atoms with E-state index in [-0.39, 0.29) is 28.4 Å². The number of amides is 2. The van der Waals surface area contributed by atoms with Crippen molar-refractivity contribution in [2.75, 3.05) is 11.5 Å². The van der Waals surface area contributed by atoms with Gasteiger partial charge in [-0.15, -0.1) is 23.2 Å². The number of rotatable bonds is 5. The van der Waals surface area contributed by atoms with E-state index in [0.717, 1.165) is 0 Å². The number of anilines is 1. The van der Waals surface area contributed by atoms with Crippen LogP contribution in [0.2, 0.25) is 0 Å². The molecule has 2 aliphatic rings. The topological polar surface area (TPSA) is 66.8 Å². The second-order valence-electron chi connectivity index (χ2n) is 8.05. The summed E-state index contributed by atoms with van der Waals surface area (Å²) in [6.45, 7) is 5.45. The van der Waals surface area contributed by atoms with Crippen molar-refractivity contribution in [1.82, 2.24) is 0 Å². The number of phenols is 1. The van der Waals surface area contributed by atoms with Crippen molar-refractivity contribution in [3.05, 3.63) is 77.2 Å². The fraction of sp³-hybridized carbons (Fsp3) is 0.250. The first-order valence-corrected chi connectivity index (χ1v) is 11.2. The fourth-order valence-corrected chi connectivity index (χ4v) is 5.42. The van der Waals surface area contributed by atoms with Crippen LogP contribution in [0.4, 0.5) is 27.6 Å². The molecule has 0 bridgehead atoms. The van der Waals surface area contributed by atoms with Gasteiger partial charge in [0.15, 0.2) is 44.5 Å². The van der Waals surface area contributed by atoms with Gasteiger partial charge in [-0.05, 0) is 25.0 Å². The number of hydrogen-bond acceptors (Lipinski definition) is 4. The third-order valence-electron chi connectivity index (χ3n) is 6.27. The van der Waals surface area contributed by atoms with Crippen LogP contribution in [0.5, 0.6) is 11.5 Å². The minimum Gasteiger partial charge on any atom is -0.504 e. The lowest BCUT2D eigenvalue weighted by molar-refractivity contribution is -0.122. The van der Waals surface area contributed by atoms with Gasteiger partial charge in [-0.25, -0.2) is 26.9 Å². The molecule has 5 nitrogen and oxygen atoms in total. The molecule has 0 saturated carbocycles. The number of aromatic hydroxyl groups is 1. The van der Waals surface area contributed by atoms with Crippen molar-refractivity contribution in [3.8, 4) is 11.5 Å². The first-order chi connectivity index (χ1) is 16.9. The summed E-state index contributed by atoms with van der Waals surface area (Å²) in [6, 6.07) is 4.22. The number of nitrogens with zero attached hydrogens (tertiary/aromatic N) is 1. The molecular formula is C24H16Cl2F5NO4. The van der Waals surface area contributed by atoms with Crippen molar-refractivity contribution in [2.24, 2.45) is 0 Å². The molecule has 12 heteroatoms.